The molecule has 7 heteroatoms. The third kappa shape index (κ3) is 13.9. The van der Waals surface area contributed by atoms with Crippen LogP contribution in [0, 0.1) is 5.92 Å². The maximum atomic E-state index is 11.4. The van der Waals surface area contributed by atoms with E-state index in [0.717, 1.165) is 12.5 Å². The molecule has 0 aliphatic rings. The zero-order valence-corrected chi connectivity index (χ0v) is 14.1. The molecule has 0 aliphatic heterocycles. The van der Waals surface area contributed by atoms with Gasteiger partial charge in [-0.3, -0.25) is 4.79 Å². The highest BCUT2D eigenvalue weighted by atomic mass is 16.6. The molecule has 0 aromatic carbocycles. The zero-order chi connectivity index (χ0) is 17.3. The first kappa shape index (κ1) is 21.6. The Morgan fingerprint density at radius 1 is 0.870 bits per heavy atom. The maximum Gasteiger partial charge on any atom is 0.330 e. The number of hydrogen-bond donors (Lipinski definition) is 0. The van der Waals surface area contributed by atoms with Crippen molar-refractivity contribution in [3.63, 3.8) is 0 Å². The van der Waals surface area contributed by atoms with Gasteiger partial charge in [0, 0.05) is 6.08 Å². The van der Waals surface area contributed by atoms with Crippen molar-refractivity contribution in [2.24, 2.45) is 5.92 Å². The molecule has 0 aliphatic carbocycles. The Labute approximate surface area is 137 Å². The van der Waals surface area contributed by atoms with Gasteiger partial charge in [0.05, 0.1) is 45.6 Å². The minimum Gasteiger partial charge on any atom is -0.463 e. The topological polar surface area (TPSA) is 80.3 Å². The van der Waals surface area contributed by atoms with Crippen LogP contribution in [0.1, 0.15) is 20.3 Å². The number of rotatable bonds is 15. The Morgan fingerprint density at radius 3 is 1.74 bits per heavy atom. The Bertz CT molecular complexity index is 330. The highest BCUT2D eigenvalue weighted by molar-refractivity contribution is 5.81. The number of esters is 2. The van der Waals surface area contributed by atoms with Gasteiger partial charge in [-0.2, -0.15) is 0 Å². The fraction of sp³-hybridized carbons (Fsp3) is 0.750. The molecular weight excluding hydrogens is 304 g/mol. The van der Waals surface area contributed by atoms with Crippen molar-refractivity contribution in [2.45, 2.75) is 20.3 Å². The molecule has 1 atom stereocenters. The number of ether oxygens (including phenoxy) is 5. The van der Waals surface area contributed by atoms with E-state index in [4.69, 9.17) is 23.7 Å². The van der Waals surface area contributed by atoms with Crippen LogP contribution >= 0.6 is 0 Å². The quantitative estimate of drug-likeness (QED) is 0.254. The fourth-order valence-corrected chi connectivity index (χ4v) is 1.31. The van der Waals surface area contributed by atoms with Crippen molar-refractivity contribution in [1.29, 1.82) is 0 Å². The SMILES string of the molecule is C=CC(=O)OCCOCCOCCOCCOC(=O)C(C)CC. The summed E-state index contributed by atoms with van der Waals surface area (Å²) in [5, 5.41) is 0. The van der Waals surface area contributed by atoms with Crippen LogP contribution in [0.25, 0.3) is 0 Å². The molecule has 0 radical (unpaired) electrons. The summed E-state index contributed by atoms with van der Waals surface area (Å²) in [6, 6.07) is 0. The van der Waals surface area contributed by atoms with Gasteiger partial charge in [-0.05, 0) is 6.42 Å². The van der Waals surface area contributed by atoms with Crippen LogP contribution in [0.3, 0.4) is 0 Å². The summed E-state index contributed by atoms with van der Waals surface area (Å²) in [6.45, 7) is 9.91. The van der Waals surface area contributed by atoms with E-state index in [2.05, 4.69) is 6.58 Å². The molecule has 0 saturated heterocycles. The van der Waals surface area contributed by atoms with E-state index in [-0.39, 0.29) is 25.1 Å². The lowest BCUT2D eigenvalue weighted by atomic mass is 10.1. The van der Waals surface area contributed by atoms with Crippen molar-refractivity contribution in [2.75, 3.05) is 52.9 Å². The van der Waals surface area contributed by atoms with E-state index < -0.39 is 5.97 Å². The highest BCUT2D eigenvalue weighted by Gasteiger charge is 2.10. The van der Waals surface area contributed by atoms with Gasteiger partial charge >= 0.3 is 11.9 Å². The predicted octanol–water partition coefficient (Wildman–Crippen LogP) is 1.35. The van der Waals surface area contributed by atoms with Gasteiger partial charge in [0.15, 0.2) is 0 Å². The molecule has 7 nitrogen and oxygen atoms in total. The van der Waals surface area contributed by atoms with E-state index in [1.165, 1.54) is 0 Å². The molecule has 0 bridgehead atoms. The lowest BCUT2D eigenvalue weighted by Gasteiger charge is -2.10. The lowest BCUT2D eigenvalue weighted by molar-refractivity contribution is -0.149. The van der Waals surface area contributed by atoms with Crippen molar-refractivity contribution in [3.05, 3.63) is 12.7 Å². The van der Waals surface area contributed by atoms with E-state index in [1.54, 1.807) is 0 Å². The molecule has 0 rings (SSSR count). The molecule has 134 valence electrons. The van der Waals surface area contributed by atoms with E-state index in [9.17, 15) is 9.59 Å². The standard InChI is InChI=1S/C16H28O7/c1-4-14(3)16(18)23-13-11-21-9-7-19-6-8-20-10-12-22-15(17)5-2/h5,14H,2,4,6-13H2,1,3H3. The second-order valence-electron chi connectivity index (χ2n) is 4.69. The highest BCUT2D eigenvalue weighted by Crippen LogP contribution is 2.02. The Kier molecular flexibility index (Phi) is 14.5. The molecule has 23 heavy (non-hydrogen) atoms. The van der Waals surface area contributed by atoms with Crippen molar-refractivity contribution < 1.29 is 33.3 Å². The summed E-state index contributed by atoms with van der Waals surface area (Å²) in [5.41, 5.74) is 0. The normalized spacial score (nSPS) is 11.7. The van der Waals surface area contributed by atoms with Crippen LogP contribution in [-0.4, -0.2) is 64.8 Å². The first-order chi connectivity index (χ1) is 11.1. The summed E-state index contributed by atoms with van der Waals surface area (Å²) < 4.78 is 25.5. The molecule has 0 fully saturated rings. The van der Waals surface area contributed by atoms with Crippen LogP contribution in [0.4, 0.5) is 0 Å². The summed E-state index contributed by atoms with van der Waals surface area (Å²) in [6.07, 6.45) is 1.88. The van der Waals surface area contributed by atoms with Gasteiger partial charge in [0.2, 0.25) is 0 Å². The minimum atomic E-state index is -0.461. The number of hydrogen-bond acceptors (Lipinski definition) is 7. The molecular formula is C16H28O7. The summed E-state index contributed by atoms with van der Waals surface area (Å²) in [5.74, 6) is -0.723. The first-order valence-electron chi connectivity index (χ1n) is 7.80. The number of carbonyl (C=O) groups excluding carboxylic acids is 2. The van der Waals surface area contributed by atoms with Crippen molar-refractivity contribution in [1.82, 2.24) is 0 Å². The Hall–Kier alpha value is -1.44. The average molecular weight is 332 g/mol. The van der Waals surface area contributed by atoms with Crippen molar-refractivity contribution in [3.8, 4) is 0 Å². The van der Waals surface area contributed by atoms with Crippen LogP contribution in [0.5, 0.6) is 0 Å². The summed E-state index contributed by atoms with van der Waals surface area (Å²) >= 11 is 0. The Balaban J connectivity index is 3.18. The lowest BCUT2D eigenvalue weighted by Crippen LogP contribution is -2.18. The summed E-state index contributed by atoms with van der Waals surface area (Å²) in [4.78, 5) is 22.1. The van der Waals surface area contributed by atoms with Gasteiger partial charge in [-0.1, -0.05) is 20.4 Å². The second-order valence-corrected chi connectivity index (χ2v) is 4.69. The van der Waals surface area contributed by atoms with Crippen LogP contribution in [0.15, 0.2) is 12.7 Å². The smallest absolute Gasteiger partial charge is 0.330 e. The van der Waals surface area contributed by atoms with E-state index >= 15 is 0 Å². The van der Waals surface area contributed by atoms with Gasteiger partial charge < -0.3 is 23.7 Å². The van der Waals surface area contributed by atoms with Crippen LogP contribution in [-0.2, 0) is 33.3 Å². The zero-order valence-electron chi connectivity index (χ0n) is 14.1. The van der Waals surface area contributed by atoms with Gasteiger partial charge in [-0.15, -0.1) is 0 Å². The third-order valence-corrected chi connectivity index (χ3v) is 2.87. The monoisotopic (exact) mass is 332 g/mol. The molecule has 0 aromatic heterocycles. The van der Waals surface area contributed by atoms with E-state index in [1.807, 2.05) is 13.8 Å². The molecule has 0 amide bonds. The predicted molar refractivity (Wildman–Crippen MR) is 84.0 cm³/mol. The minimum absolute atomic E-state index is 0.0707. The van der Waals surface area contributed by atoms with Gasteiger partial charge in [0.25, 0.3) is 0 Å². The molecule has 0 heterocycles. The first-order valence-corrected chi connectivity index (χ1v) is 7.80. The Morgan fingerprint density at radius 2 is 1.30 bits per heavy atom. The number of carbonyl (C=O) groups is 2. The van der Waals surface area contributed by atoms with E-state index in [0.29, 0.717) is 39.6 Å². The molecule has 1 unspecified atom stereocenters. The fourth-order valence-electron chi connectivity index (χ4n) is 1.31. The largest absolute Gasteiger partial charge is 0.463 e. The van der Waals surface area contributed by atoms with Gasteiger partial charge in [-0.25, -0.2) is 4.79 Å². The van der Waals surface area contributed by atoms with Gasteiger partial charge in [0.1, 0.15) is 13.2 Å². The third-order valence-electron chi connectivity index (χ3n) is 2.87. The second kappa shape index (κ2) is 15.5. The van der Waals surface area contributed by atoms with Crippen LogP contribution in [0.2, 0.25) is 0 Å². The molecule has 0 aromatic rings. The average Bonchev–Trinajstić information content (AvgIpc) is 2.57. The summed E-state index contributed by atoms with van der Waals surface area (Å²) in [7, 11) is 0. The van der Waals surface area contributed by atoms with Crippen molar-refractivity contribution >= 4 is 11.9 Å². The van der Waals surface area contributed by atoms with Crippen LogP contribution < -0.4 is 0 Å². The maximum absolute atomic E-state index is 11.4. The molecule has 0 saturated carbocycles. The molecule has 0 N–H and O–H groups in total. The molecule has 0 spiro atoms.